The van der Waals surface area contributed by atoms with Crippen LogP contribution in [-0.2, 0) is 18.3 Å². The molecular formula is C30H37N3O3. The predicted molar refractivity (Wildman–Crippen MR) is 148 cm³/mol. The first kappa shape index (κ1) is 25.4. The van der Waals surface area contributed by atoms with Crippen molar-refractivity contribution < 1.29 is 14.2 Å². The molecule has 1 unspecified atom stereocenters. The van der Waals surface area contributed by atoms with E-state index in [0.29, 0.717) is 0 Å². The van der Waals surface area contributed by atoms with E-state index in [0.717, 1.165) is 60.9 Å². The van der Waals surface area contributed by atoms with E-state index in [9.17, 15) is 0 Å². The molecule has 190 valence electrons. The normalized spacial score (nSPS) is 14.8. The van der Waals surface area contributed by atoms with E-state index in [-0.39, 0.29) is 5.41 Å². The molecule has 0 saturated carbocycles. The van der Waals surface area contributed by atoms with Gasteiger partial charge in [-0.1, -0.05) is 37.3 Å². The van der Waals surface area contributed by atoms with E-state index in [1.807, 2.05) is 19.2 Å². The van der Waals surface area contributed by atoms with Crippen LogP contribution in [0.15, 0.2) is 65.8 Å². The van der Waals surface area contributed by atoms with Gasteiger partial charge in [-0.15, -0.1) is 0 Å². The minimum Gasteiger partial charge on any atom is -0.497 e. The predicted octanol–water partition coefficient (Wildman–Crippen LogP) is 6.08. The van der Waals surface area contributed by atoms with Crippen molar-refractivity contribution in [2.45, 2.75) is 38.0 Å². The molecule has 0 spiro atoms. The summed E-state index contributed by atoms with van der Waals surface area (Å²) in [5, 5.41) is 10.4. The first-order valence-electron chi connectivity index (χ1n) is 12.5. The maximum absolute atomic E-state index is 5.72. The minimum absolute atomic E-state index is 0.208. The molecule has 0 fully saturated rings. The smallest absolute Gasteiger partial charge is 0.148 e. The number of fused-ring (bicyclic) bond motifs is 1. The summed E-state index contributed by atoms with van der Waals surface area (Å²) in [6.45, 7) is 3.15. The number of hydrogen-bond acceptors (Lipinski definition) is 6. The Morgan fingerprint density at radius 3 is 2.44 bits per heavy atom. The zero-order valence-corrected chi connectivity index (χ0v) is 22.0. The summed E-state index contributed by atoms with van der Waals surface area (Å²) in [7, 11) is 7.06. The number of anilines is 2. The fourth-order valence-electron chi connectivity index (χ4n) is 5.07. The van der Waals surface area contributed by atoms with Crippen LogP contribution < -0.4 is 24.5 Å². The zero-order valence-electron chi connectivity index (χ0n) is 22.0. The van der Waals surface area contributed by atoms with Crippen molar-refractivity contribution in [2.75, 3.05) is 45.2 Å². The average Bonchev–Trinajstić information content (AvgIpc) is 2.92. The summed E-state index contributed by atoms with van der Waals surface area (Å²) in [6.07, 6.45) is 5.70. The number of hydrazone groups is 1. The fraction of sp³-hybridized carbons (Fsp3) is 0.367. The van der Waals surface area contributed by atoms with Gasteiger partial charge < -0.3 is 19.5 Å². The molecule has 1 heterocycles. The lowest BCUT2D eigenvalue weighted by Crippen LogP contribution is -2.29. The van der Waals surface area contributed by atoms with Crippen LogP contribution in [-0.4, -0.2) is 41.1 Å². The van der Waals surface area contributed by atoms with Gasteiger partial charge in [0.2, 0.25) is 0 Å². The molecule has 6 heteroatoms. The molecule has 0 saturated heterocycles. The number of nitrogens with zero attached hydrogens (tertiary/aromatic N) is 2. The molecule has 4 rings (SSSR count). The van der Waals surface area contributed by atoms with Gasteiger partial charge in [-0.05, 0) is 66.6 Å². The topological polar surface area (TPSA) is 55.3 Å². The molecule has 0 amide bonds. The highest BCUT2D eigenvalue weighted by atomic mass is 16.5. The quantitative estimate of drug-likeness (QED) is 0.351. The van der Waals surface area contributed by atoms with Crippen LogP contribution in [0, 0.1) is 0 Å². The van der Waals surface area contributed by atoms with Crippen molar-refractivity contribution in [3.8, 4) is 17.2 Å². The Kier molecular flexibility index (Phi) is 8.04. The monoisotopic (exact) mass is 487 g/mol. The number of benzene rings is 3. The van der Waals surface area contributed by atoms with Crippen LogP contribution in [0.2, 0.25) is 0 Å². The van der Waals surface area contributed by atoms with Gasteiger partial charge in [0.05, 0.1) is 21.3 Å². The molecule has 0 bridgehead atoms. The summed E-state index contributed by atoms with van der Waals surface area (Å²) in [5.41, 5.74) is 5.62. The van der Waals surface area contributed by atoms with Crippen LogP contribution in [0.5, 0.6) is 17.2 Å². The van der Waals surface area contributed by atoms with Gasteiger partial charge in [0.25, 0.3) is 0 Å². The highest BCUT2D eigenvalue weighted by Crippen LogP contribution is 2.41. The molecule has 36 heavy (non-hydrogen) atoms. The van der Waals surface area contributed by atoms with Crippen molar-refractivity contribution in [3.05, 3.63) is 77.4 Å². The van der Waals surface area contributed by atoms with Crippen LogP contribution >= 0.6 is 0 Å². The summed E-state index contributed by atoms with van der Waals surface area (Å²) < 4.78 is 16.8. The Labute approximate surface area is 214 Å². The SMILES string of the molecule is CNc1ccc(OC)cc1C(C)(C/C=N/N1CCCc2cc(OC)cc(OC)c21)Cc1ccccc1. The molecule has 1 atom stereocenters. The number of methoxy groups -OCH3 is 3. The molecule has 0 aliphatic carbocycles. The van der Waals surface area contributed by atoms with Crippen LogP contribution in [0.3, 0.4) is 0 Å². The Balaban J connectivity index is 1.68. The van der Waals surface area contributed by atoms with Crippen molar-refractivity contribution >= 4 is 17.6 Å². The number of aryl methyl sites for hydroxylation is 1. The molecule has 1 aliphatic rings. The Bertz CT molecular complexity index is 1180. The van der Waals surface area contributed by atoms with E-state index in [1.54, 1.807) is 21.3 Å². The van der Waals surface area contributed by atoms with Crippen LogP contribution in [0.25, 0.3) is 0 Å². The summed E-state index contributed by atoms with van der Waals surface area (Å²) in [6, 6.07) is 20.9. The maximum Gasteiger partial charge on any atom is 0.148 e. The number of nitrogens with one attached hydrogen (secondary N) is 1. The Hall–Kier alpha value is -3.67. The third-order valence-electron chi connectivity index (χ3n) is 7.00. The fourth-order valence-corrected chi connectivity index (χ4v) is 5.07. The zero-order chi connectivity index (χ0) is 25.5. The molecule has 1 N–H and O–H groups in total. The molecule has 3 aromatic rings. The molecule has 0 radical (unpaired) electrons. The highest BCUT2D eigenvalue weighted by molar-refractivity contribution is 5.71. The first-order chi connectivity index (χ1) is 17.5. The lowest BCUT2D eigenvalue weighted by molar-refractivity contribution is 0.392. The molecule has 0 aromatic heterocycles. The van der Waals surface area contributed by atoms with E-state index >= 15 is 0 Å². The summed E-state index contributed by atoms with van der Waals surface area (Å²) in [5.74, 6) is 2.45. The molecule has 1 aliphatic heterocycles. The largest absolute Gasteiger partial charge is 0.497 e. The van der Waals surface area contributed by atoms with Gasteiger partial charge in [0.1, 0.15) is 22.9 Å². The van der Waals surface area contributed by atoms with Crippen molar-refractivity contribution in [1.29, 1.82) is 0 Å². The van der Waals surface area contributed by atoms with Crippen molar-refractivity contribution in [3.63, 3.8) is 0 Å². The second-order valence-corrected chi connectivity index (χ2v) is 9.45. The Morgan fingerprint density at radius 1 is 0.972 bits per heavy atom. The lowest BCUT2D eigenvalue weighted by atomic mass is 9.74. The van der Waals surface area contributed by atoms with Gasteiger partial charge in [-0.25, -0.2) is 0 Å². The molecular weight excluding hydrogens is 450 g/mol. The van der Waals surface area contributed by atoms with Crippen molar-refractivity contribution in [2.24, 2.45) is 5.10 Å². The maximum atomic E-state index is 5.72. The van der Waals surface area contributed by atoms with Gasteiger partial charge in [-0.3, -0.25) is 5.01 Å². The van der Waals surface area contributed by atoms with Crippen molar-refractivity contribution in [1.82, 2.24) is 0 Å². The third-order valence-corrected chi connectivity index (χ3v) is 7.00. The minimum atomic E-state index is -0.208. The average molecular weight is 488 g/mol. The molecule has 6 nitrogen and oxygen atoms in total. The highest BCUT2D eigenvalue weighted by Gasteiger charge is 2.30. The van der Waals surface area contributed by atoms with Gasteiger partial charge in [0.15, 0.2) is 0 Å². The van der Waals surface area contributed by atoms with E-state index in [2.05, 4.69) is 72.0 Å². The van der Waals surface area contributed by atoms with Crippen LogP contribution in [0.1, 0.15) is 36.5 Å². The second-order valence-electron chi connectivity index (χ2n) is 9.45. The lowest BCUT2D eigenvalue weighted by Gasteiger charge is -2.32. The number of ether oxygens (including phenoxy) is 3. The Morgan fingerprint density at radius 2 is 1.75 bits per heavy atom. The number of hydrogen-bond donors (Lipinski definition) is 1. The van der Waals surface area contributed by atoms with Gasteiger partial charge in [0, 0.05) is 37.0 Å². The summed E-state index contributed by atoms with van der Waals surface area (Å²) in [4.78, 5) is 0. The second kappa shape index (κ2) is 11.4. The van der Waals surface area contributed by atoms with Gasteiger partial charge >= 0.3 is 0 Å². The van der Waals surface area contributed by atoms with E-state index < -0.39 is 0 Å². The standard InChI is InChI=1S/C30H37N3O3/c1-30(21-22-10-7-6-8-11-22,26-19-24(34-3)13-14-27(26)31-2)15-16-32-33-17-9-12-23-18-25(35-4)20-28(36-5)29(23)33/h6-8,10-11,13-14,16,18-20,31H,9,12,15,17,21H2,1-5H3/b32-16+. The molecule has 3 aromatic carbocycles. The van der Waals surface area contributed by atoms with Gasteiger partial charge in [-0.2, -0.15) is 5.10 Å². The third kappa shape index (κ3) is 5.43. The first-order valence-corrected chi connectivity index (χ1v) is 12.5. The number of rotatable bonds is 10. The van der Waals surface area contributed by atoms with E-state index in [4.69, 9.17) is 19.3 Å². The summed E-state index contributed by atoms with van der Waals surface area (Å²) >= 11 is 0. The van der Waals surface area contributed by atoms with Crippen LogP contribution in [0.4, 0.5) is 11.4 Å². The van der Waals surface area contributed by atoms with E-state index in [1.165, 1.54) is 16.7 Å².